The maximum Gasteiger partial charge on any atom is 0.343 e. The number of nitrogens with one attached hydrogen (secondary N) is 2. The summed E-state index contributed by atoms with van der Waals surface area (Å²) in [5, 5.41) is 7.67. The Hall–Kier alpha value is -1.88. The second-order valence-electron chi connectivity index (χ2n) is 4.65. The zero-order valence-electron chi connectivity index (χ0n) is 10.1. The third-order valence-corrected chi connectivity index (χ3v) is 3.32. The number of H-pyrrole nitrogens is 1. The molecule has 1 unspecified atom stereocenters. The van der Waals surface area contributed by atoms with Crippen LogP contribution >= 0.6 is 0 Å². The largest absolute Gasteiger partial charge is 0.343 e. The normalized spacial score (nSPS) is 19.2. The van der Waals surface area contributed by atoms with E-state index in [1.54, 1.807) is 0 Å². The fourth-order valence-electron chi connectivity index (χ4n) is 2.31. The summed E-state index contributed by atoms with van der Waals surface area (Å²) in [4.78, 5) is 14.7. The van der Waals surface area contributed by atoms with E-state index >= 15 is 0 Å². The molecule has 0 saturated carbocycles. The number of aromatic nitrogens is 3. The molecule has 0 aliphatic carbocycles. The Bertz CT molecular complexity index is 566. The highest BCUT2D eigenvalue weighted by atomic mass is 16.1. The van der Waals surface area contributed by atoms with E-state index in [1.165, 1.54) is 4.68 Å². The van der Waals surface area contributed by atoms with Crippen molar-refractivity contribution in [2.75, 3.05) is 13.1 Å². The Balaban J connectivity index is 1.82. The van der Waals surface area contributed by atoms with E-state index < -0.39 is 0 Å². The van der Waals surface area contributed by atoms with Crippen LogP contribution in [-0.2, 0) is 6.54 Å². The minimum absolute atomic E-state index is 0.124. The van der Waals surface area contributed by atoms with Crippen molar-refractivity contribution in [3.8, 4) is 0 Å². The predicted octanol–water partition coefficient (Wildman–Crippen LogP) is 0.697. The average molecular weight is 244 g/mol. The highest BCUT2D eigenvalue weighted by Gasteiger charge is 2.20. The van der Waals surface area contributed by atoms with Crippen molar-refractivity contribution in [3.05, 3.63) is 52.2 Å². The highest BCUT2D eigenvalue weighted by molar-refractivity contribution is 5.14. The first-order valence-corrected chi connectivity index (χ1v) is 6.24. The third kappa shape index (κ3) is 2.22. The van der Waals surface area contributed by atoms with Crippen LogP contribution in [0.4, 0.5) is 0 Å². The Labute approximate surface area is 105 Å². The standard InChI is InChI=1S/C13H16N4O/c18-13-15-12(11-6-7-14-8-11)16-17(13)9-10-4-2-1-3-5-10/h1-5,11,14H,6-9H2,(H,15,16,18). The third-order valence-electron chi connectivity index (χ3n) is 3.32. The van der Waals surface area contributed by atoms with E-state index in [0.29, 0.717) is 12.5 Å². The lowest BCUT2D eigenvalue weighted by molar-refractivity contribution is 0.628. The molecular formula is C13H16N4O. The molecule has 1 aliphatic rings. The fourth-order valence-corrected chi connectivity index (χ4v) is 2.31. The molecule has 3 rings (SSSR count). The molecule has 1 aromatic heterocycles. The van der Waals surface area contributed by atoms with E-state index in [2.05, 4.69) is 15.4 Å². The minimum atomic E-state index is -0.124. The van der Waals surface area contributed by atoms with Crippen LogP contribution in [0.25, 0.3) is 0 Å². The van der Waals surface area contributed by atoms with Crippen LogP contribution in [0.15, 0.2) is 35.1 Å². The molecule has 1 saturated heterocycles. The van der Waals surface area contributed by atoms with Crippen LogP contribution in [-0.4, -0.2) is 27.9 Å². The lowest BCUT2D eigenvalue weighted by Gasteiger charge is -2.02. The summed E-state index contributed by atoms with van der Waals surface area (Å²) in [7, 11) is 0. The minimum Gasteiger partial charge on any atom is -0.316 e. The van der Waals surface area contributed by atoms with Gasteiger partial charge in [0.05, 0.1) is 6.54 Å². The molecule has 1 atom stereocenters. The Morgan fingerprint density at radius 3 is 2.89 bits per heavy atom. The molecule has 0 bridgehead atoms. The summed E-state index contributed by atoms with van der Waals surface area (Å²) in [6, 6.07) is 9.89. The number of benzene rings is 1. The van der Waals surface area contributed by atoms with Crippen LogP contribution in [0, 0.1) is 0 Å². The number of hydrogen-bond acceptors (Lipinski definition) is 3. The highest BCUT2D eigenvalue weighted by Crippen LogP contribution is 2.17. The number of hydrogen-bond donors (Lipinski definition) is 2. The van der Waals surface area contributed by atoms with E-state index in [-0.39, 0.29) is 5.69 Å². The van der Waals surface area contributed by atoms with Gasteiger partial charge in [-0.05, 0) is 18.5 Å². The fraction of sp³-hybridized carbons (Fsp3) is 0.385. The van der Waals surface area contributed by atoms with Gasteiger partial charge in [-0.3, -0.25) is 4.98 Å². The van der Waals surface area contributed by atoms with Gasteiger partial charge in [-0.15, -0.1) is 0 Å². The molecule has 18 heavy (non-hydrogen) atoms. The average Bonchev–Trinajstić information content (AvgIpc) is 3.01. The summed E-state index contributed by atoms with van der Waals surface area (Å²) in [6.45, 7) is 2.42. The smallest absolute Gasteiger partial charge is 0.316 e. The first-order chi connectivity index (χ1) is 8.83. The number of aromatic amines is 1. The molecule has 1 aliphatic heterocycles. The number of nitrogens with zero attached hydrogens (tertiary/aromatic N) is 2. The van der Waals surface area contributed by atoms with Crippen molar-refractivity contribution in [2.45, 2.75) is 18.9 Å². The first-order valence-electron chi connectivity index (χ1n) is 6.24. The second kappa shape index (κ2) is 4.78. The quantitative estimate of drug-likeness (QED) is 0.835. The summed E-state index contributed by atoms with van der Waals surface area (Å²) >= 11 is 0. The second-order valence-corrected chi connectivity index (χ2v) is 4.65. The molecule has 1 fully saturated rings. The van der Waals surface area contributed by atoms with Gasteiger partial charge < -0.3 is 5.32 Å². The van der Waals surface area contributed by atoms with Gasteiger partial charge >= 0.3 is 5.69 Å². The van der Waals surface area contributed by atoms with Gasteiger partial charge in [-0.2, -0.15) is 5.10 Å². The van der Waals surface area contributed by atoms with Crippen molar-refractivity contribution in [1.29, 1.82) is 0 Å². The van der Waals surface area contributed by atoms with Crippen LogP contribution in [0.2, 0.25) is 0 Å². The maximum atomic E-state index is 11.8. The monoisotopic (exact) mass is 244 g/mol. The number of rotatable bonds is 3. The molecule has 2 heterocycles. The van der Waals surface area contributed by atoms with Gasteiger partial charge in [-0.25, -0.2) is 9.48 Å². The van der Waals surface area contributed by atoms with Gasteiger partial charge in [0.15, 0.2) is 0 Å². The zero-order chi connectivity index (χ0) is 12.4. The summed E-state index contributed by atoms with van der Waals surface area (Å²) in [5.41, 5.74) is 0.961. The molecule has 94 valence electrons. The van der Waals surface area contributed by atoms with E-state index in [9.17, 15) is 4.79 Å². The maximum absolute atomic E-state index is 11.8. The van der Waals surface area contributed by atoms with Crippen LogP contribution in [0.3, 0.4) is 0 Å². The SMILES string of the molecule is O=c1[nH]c(C2CCNC2)nn1Cc1ccccc1. The van der Waals surface area contributed by atoms with Gasteiger partial charge in [-0.1, -0.05) is 30.3 Å². The van der Waals surface area contributed by atoms with Crippen molar-refractivity contribution in [3.63, 3.8) is 0 Å². The molecule has 2 aromatic rings. The zero-order valence-corrected chi connectivity index (χ0v) is 10.1. The molecule has 5 heteroatoms. The van der Waals surface area contributed by atoms with Gasteiger partial charge in [0.25, 0.3) is 0 Å². The van der Waals surface area contributed by atoms with E-state index in [0.717, 1.165) is 30.9 Å². The lowest BCUT2D eigenvalue weighted by Crippen LogP contribution is -2.18. The topological polar surface area (TPSA) is 62.7 Å². The summed E-state index contributed by atoms with van der Waals surface area (Å²) in [5.74, 6) is 1.15. The molecule has 0 spiro atoms. The summed E-state index contributed by atoms with van der Waals surface area (Å²) < 4.78 is 1.50. The van der Waals surface area contributed by atoms with Gasteiger partial charge in [0.1, 0.15) is 5.82 Å². The van der Waals surface area contributed by atoms with Crippen molar-refractivity contribution < 1.29 is 0 Å². The summed E-state index contributed by atoms with van der Waals surface area (Å²) in [6.07, 6.45) is 1.04. The van der Waals surface area contributed by atoms with Crippen LogP contribution in [0.1, 0.15) is 23.7 Å². The molecule has 5 nitrogen and oxygen atoms in total. The first kappa shape index (κ1) is 11.2. The Kier molecular flexibility index (Phi) is 2.98. The Morgan fingerprint density at radius 2 is 2.17 bits per heavy atom. The molecule has 2 N–H and O–H groups in total. The van der Waals surface area contributed by atoms with Crippen molar-refractivity contribution in [2.24, 2.45) is 0 Å². The Morgan fingerprint density at radius 1 is 1.33 bits per heavy atom. The molecular weight excluding hydrogens is 228 g/mol. The molecule has 0 amide bonds. The van der Waals surface area contributed by atoms with Crippen molar-refractivity contribution >= 4 is 0 Å². The van der Waals surface area contributed by atoms with Crippen molar-refractivity contribution in [1.82, 2.24) is 20.1 Å². The predicted molar refractivity (Wildman–Crippen MR) is 68.6 cm³/mol. The van der Waals surface area contributed by atoms with E-state index in [1.807, 2.05) is 30.3 Å². The van der Waals surface area contributed by atoms with Gasteiger partial charge in [0.2, 0.25) is 0 Å². The lowest BCUT2D eigenvalue weighted by atomic mass is 10.1. The van der Waals surface area contributed by atoms with Gasteiger partial charge in [0, 0.05) is 12.5 Å². The van der Waals surface area contributed by atoms with E-state index in [4.69, 9.17) is 0 Å². The molecule has 0 radical (unpaired) electrons. The molecule has 1 aromatic carbocycles. The van der Waals surface area contributed by atoms with Crippen LogP contribution < -0.4 is 11.0 Å². The van der Waals surface area contributed by atoms with Crippen LogP contribution in [0.5, 0.6) is 0 Å².